The second-order valence-corrected chi connectivity index (χ2v) is 6.79. The quantitative estimate of drug-likeness (QED) is 0.556. The molecule has 1 N–H and O–H groups in total. The molecule has 0 aliphatic carbocycles. The average Bonchev–Trinajstić information content (AvgIpc) is 3.26. The number of furan rings is 1. The maximum absolute atomic E-state index is 13.1. The maximum atomic E-state index is 13.1. The molecule has 4 rings (SSSR count). The van der Waals surface area contributed by atoms with Gasteiger partial charge in [-0.3, -0.25) is 9.48 Å². The van der Waals surface area contributed by atoms with Crippen molar-refractivity contribution in [2.75, 3.05) is 5.32 Å². The van der Waals surface area contributed by atoms with Crippen LogP contribution < -0.4 is 5.32 Å². The van der Waals surface area contributed by atoms with Crippen LogP contribution >= 0.6 is 11.6 Å². The summed E-state index contributed by atoms with van der Waals surface area (Å²) in [5.41, 5.74) is 4.02. The normalized spacial score (nSPS) is 11.1. The molecule has 3 heterocycles. The number of halogens is 1. The minimum absolute atomic E-state index is 0.239. The van der Waals surface area contributed by atoms with Gasteiger partial charge in [-0.15, -0.1) is 0 Å². The Balaban J connectivity index is 1.85. The SMILES string of the molecule is Cc1cc(Cl)ccc1NC(=O)c1cc(-c2ccco2)nc2c1c(C)nn2C. The highest BCUT2D eigenvalue weighted by atomic mass is 35.5. The molecule has 0 atom stereocenters. The van der Waals surface area contributed by atoms with Crippen LogP contribution in [0.3, 0.4) is 0 Å². The number of pyridine rings is 1. The Morgan fingerprint density at radius 1 is 1.22 bits per heavy atom. The summed E-state index contributed by atoms with van der Waals surface area (Å²) in [5.74, 6) is 0.351. The molecular weight excluding hydrogens is 364 g/mol. The number of nitrogens with one attached hydrogen (secondary N) is 1. The van der Waals surface area contributed by atoms with Crippen molar-refractivity contribution in [1.29, 1.82) is 0 Å². The van der Waals surface area contributed by atoms with Gasteiger partial charge in [0.25, 0.3) is 5.91 Å². The van der Waals surface area contributed by atoms with E-state index in [0.717, 1.165) is 16.6 Å². The Bertz CT molecular complexity index is 1160. The average molecular weight is 381 g/mol. The predicted octanol–water partition coefficient (Wildman–Crippen LogP) is 4.75. The molecule has 0 fully saturated rings. The third kappa shape index (κ3) is 3.08. The van der Waals surface area contributed by atoms with Crippen molar-refractivity contribution in [3.8, 4) is 11.5 Å². The number of amides is 1. The molecule has 136 valence electrons. The predicted molar refractivity (Wildman–Crippen MR) is 105 cm³/mol. The second-order valence-electron chi connectivity index (χ2n) is 6.35. The van der Waals surface area contributed by atoms with E-state index in [9.17, 15) is 4.79 Å². The lowest BCUT2D eigenvalue weighted by molar-refractivity contribution is 0.102. The summed E-state index contributed by atoms with van der Waals surface area (Å²) < 4.78 is 7.13. The van der Waals surface area contributed by atoms with E-state index in [1.54, 1.807) is 42.3 Å². The molecule has 1 amide bonds. The highest BCUT2D eigenvalue weighted by Crippen LogP contribution is 2.28. The van der Waals surface area contributed by atoms with E-state index in [2.05, 4.69) is 15.4 Å². The molecule has 27 heavy (non-hydrogen) atoms. The van der Waals surface area contributed by atoms with Crippen molar-refractivity contribution >= 4 is 34.2 Å². The highest BCUT2D eigenvalue weighted by Gasteiger charge is 2.20. The minimum Gasteiger partial charge on any atom is -0.463 e. The van der Waals surface area contributed by atoms with Crippen LogP contribution in [0, 0.1) is 13.8 Å². The van der Waals surface area contributed by atoms with Gasteiger partial charge in [-0.25, -0.2) is 4.98 Å². The van der Waals surface area contributed by atoms with Gasteiger partial charge in [-0.1, -0.05) is 11.6 Å². The Morgan fingerprint density at radius 2 is 2.04 bits per heavy atom. The number of benzene rings is 1. The van der Waals surface area contributed by atoms with Gasteiger partial charge < -0.3 is 9.73 Å². The molecule has 0 radical (unpaired) electrons. The summed E-state index contributed by atoms with van der Waals surface area (Å²) >= 11 is 6.01. The molecule has 0 aliphatic heterocycles. The number of anilines is 1. The topological polar surface area (TPSA) is 73.0 Å². The summed E-state index contributed by atoms with van der Waals surface area (Å²) in [5, 5.41) is 8.72. The zero-order valence-corrected chi connectivity index (χ0v) is 15.8. The number of aromatic nitrogens is 3. The summed E-state index contributed by atoms with van der Waals surface area (Å²) in [4.78, 5) is 17.7. The zero-order chi connectivity index (χ0) is 19.1. The molecule has 4 aromatic rings. The summed E-state index contributed by atoms with van der Waals surface area (Å²) in [6.07, 6.45) is 1.58. The molecule has 0 bridgehead atoms. The first-order valence-corrected chi connectivity index (χ1v) is 8.77. The van der Waals surface area contributed by atoms with E-state index in [4.69, 9.17) is 16.0 Å². The molecule has 0 spiro atoms. The minimum atomic E-state index is -0.239. The number of fused-ring (bicyclic) bond motifs is 1. The van der Waals surface area contributed by atoms with Gasteiger partial charge in [-0.2, -0.15) is 5.10 Å². The first kappa shape index (κ1) is 17.3. The Hall–Kier alpha value is -3.12. The van der Waals surface area contributed by atoms with Gasteiger partial charge >= 0.3 is 0 Å². The van der Waals surface area contributed by atoms with Crippen LogP contribution in [-0.2, 0) is 7.05 Å². The van der Waals surface area contributed by atoms with E-state index in [0.29, 0.717) is 33.4 Å². The second kappa shape index (κ2) is 6.55. The van der Waals surface area contributed by atoms with E-state index in [1.165, 1.54) is 0 Å². The van der Waals surface area contributed by atoms with Gasteiger partial charge in [0.15, 0.2) is 11.4 Å². The molecule has 0 aliphatic rings. The smallest absolute Gasteiger partial charge is 0.256 e. The first-order valence-electron chi connectivity index (χ1n) is 8.40. The van der Waals surface area contributed by atoms with Crippen LogP contribution in [0.25, 0.3) is 22.5 Å². The van der Waals surface area contributed by atoms with Crippen molar-refractivity contribution in [1.82, 2.24) is 14.8 Å². The molecule has 6 nitrogen and oxygen atoms in total. The van der Waals surface area contributed by atoms with Crippen LogP contribution in [-0.4, -0.2) is 20.7 Å². The van der Waals surface area contributed by atoms with E-state index >= 15 is 0 Å². The van der Waals surface area contributed by atoms with Crippen LogP contribution in [0.4, 0.5) is 5.69 Å². The van der Waals surface area contributed by atoms with Crippen molar-refractivity contribution in [2.45, 2.75) is 13.8 Å². The molecular formula is C20H17ClN4O2. The number of carbonyl (C=O) groups excluding carboxylic acids is 1. The Kier molecular flexibility index (Phi) is 4.20. The van der Waals surface area contributed by atoms with Crippen LogP contribution in [0.5, 0.6) is 0 Å². The van der Waals surface area contributed by atoms with Crippen molar-refractivity contribution < 1.29 is 9.21 Å². The summed E-state index contributed by atoms with van der Waals surface area (Å²) in [7, 11) is 1.80. The molecule has 7 heteroatoms. The largest absolute Gasteiger partial charge is 0.463 e. The fourth-order valence-electron chi connectivity index (χ4n) is 3.13. The lowest BCUT2D eigenvalue weighted by atomic mass is 10.1. The monoisotopic (exact) mass is 380 g/mol. The van der Waals surface area contributed by atoms with Crippen LogP contribution in [0.15, 0.2) is 47.1 Å². The lowest BCUT2D eigenvalue weighted by Gasteiger charge is -2.11. The molecule has 0 saturated carbocycles. The van der Waals surface area contributed by atoms with Gasteiger partial charge in [0.05, 0.1) is 22.9 Å². The molecule has 1 aromatic carbocycles. The first-order chi connectivity index (χ1) is 12.9. The third-order valence-electron chi connectivity index (χ3n) is 4.42. The van der Waals surface area contributed by atoms with Gasteiger partial charge in [0.2, 0.25) is 0 Å². The van der Waals surface area contributed by atoms with E-state index < -0.39 is 0 Å². The third-order valence-corrected chi connectivity index (χ3v) is 4.66. The summed E-state index contributed by atoms with van der Waals surface area (Å²) in [6.45, 7) is 3.76. The van der Waals surface area contributed by atoms with Crippen LogP contribution in [0.2, 0.25) is 5.02 Å². The fraction of sp³-hybridized carbons (Fsp3) is 0.150. The lowest BCUT2D eigenvalue weighted by Crippen LogP contribution is -2.14. The number of hydrogen-bond acceptors (Lipinski definition) is 4. The number of aryl methyl sites for hydroxylation is 3. The van der Waals surface area contributed by atoms with Crippen molar-refractivity contribution in [2.24, 2.45) is 7.05 Å². The number of nitrogens with zero attached hydrogens (tertiary/aromatic N) is 3. The molecule has 3 aromatic heterocycles. The highest BCUT2D eigenvalue weighted by molar-refractivity contribution is 6.30. The van der Waals surface area contributed by atoms with E-state index in [1.807, 2.05) is 26.0 Å². The zero-order valence-electron chi connectivity index (χ0n) is 15.1. The van der Waals surface area contributed by atoms with Crippen LogP contribution in [0.1, 0.15) is 21.6 Å². The Labute approximate surface area is 160 Å². The summed E-state index contributed by atoms with van der Waals surface area (Å²) in [6, 6.07) is 10.7. The Morgan fingerprint density at radius 3 is 2.74 bits per heavy atom. The maximum Gasteiger partial charge on any atom is 0.256 e. The standard InChI is InChI=1S/C20H17ClN4O2/c1-11-9-13(21)6-7-15(11)23-20(26)14-10-16(17-5-4-8-27-17)22-19-18(14)12(2)24-25(19)3/h4-10H,1-3H3,(H,23,26). The number of carbonyl (C=O) groups is 1. The van der Waals surface area contributed by atoms with Crippen molar-refractivity contribution in [3.05, 3.63) is 64.5 Å². The van der Waals surface area contributed by atoms with Gasteiger partial charge in [0, 0.05) is 17.8 Å². The number of rotatable bonds is 3. The number of hydrogen-bond donors (Lipinski definition) is 1. The molecule has 0 saturated heterocycles. The fourth-order valence-corrected chi connectivity index (χ4v) is 3.36. The van der Waals surface area contributed by atoms with Crippen molar-refractivity contribution in [3.63, 3.8) is 0 Å². The van der Waals surface area contributed by atoms with Gasteiger partial charge in [-0.05, 0) is 55.8 Å². The molecule has 0 unspecified atom stereocenters. The van der Waals surface area contributed by atoms with E-state index in [-0.39, 0.29) is 5.91 Å². The van der Waals surface area contributed by atoms with Gasteiger partial charge in [0.1, 0.15) is 5.69 Å².